The summed E-state index contributed by atoms with van der Waals surface area (Å²) in [6, 6.07) is 19.6. The fourth-order valence-electron chi connectivity index (χ4n) is 5.05. The summed E-state index contributed by atoms with van der Waals surface area (Å²) < 4.78 is 41.0. The van der Waals surface area contributed by atoms with Crippen molar-refractivity contribution in [2.75, 3.05) is 47.6 Å². The van der Waals surface area contributed by atoms with Crippen LogP contribution in [0.2, 0.25) is 0 Å². The largest absolute Gasteiger partial charge is 0.392 e. The summed E-state index contributed by atoms with van der Waals surface area (Å²) >= 11 is 0. The van der Waals surface area contributed by atoms with Gasteiger partial charge in [-0.15, -0.1) is 0 Å². The molecule has 1 fully saturated rings. The van der Waals surface area contributed by atoms with Gasteiger partial charge in [0.25, 0.3) is 0 Å². The summed E-state index contributed by atoms with van der Waals surface area (Å²) in [5.74, 6) is -0.691. The molecular weight excluding hydrogens is 569 g/mol. The molecule has 0 unspecified atom stereocenters. The molecule has 0 bridgehead atoms. The van der Waals surface area contributed by atoms with Gasteiger partial charge >= 0.3 is 0 Å². The highest BCUT2D eigenvalue weighted by atomic mass is 32.2. The molecule has 0 amide bonds. The molecule has 0 aliphatic carbocycles. The van der Waals surface area contributed by atoms with Crippen LogP contribution in [0, 0.1) is 24.1 Å². The van der Waals surface area contributed by atoms with Crippen molar-refractivity contribution in [2.24, 2.45) is 0 Å². The van der Waals surface area contributed by atoms with Crippen LogP contribution in [0.1, 0.15) is 22.3 Å². The van der Waals surface area contributed by atoms with Crippen molar-refractivity contribution < 1.29 is 17.9 Å². The summed E-state index contributed by atoms with van der Waals surface area (Å²) in [4.78, 5) is 12.5. The molecule has 43 heavy (non-hydrogen) atoms. The number of nitrogens with zero attached hydrogens (tertiary/aromatic N) is 5. The Balaban J connectivity index is 1.55. The van der Waals surface area contributed by atoms with Gasteiger partial charge in [-0.25, -0.2) is 17.8 Å². The molecule has 2 heterocycles. The topological polar surface area (TPSA) is 134 Å². The van der Waals surface area contributed by atoms with Gasteiger partial charge in [-0.05, 0) is 53.9 Å². The third-order valence-corrected chi connectivity index (χ3v) is 8.39. The molecule has 0 spiro atoms. The Morgan fingerprint density at radius 2 is 1.91 bits per heavy atom. The van der Waals surface area contributed by atoms with Gasteiger partial charge in [-0.3, -0.25) is 0 Å². The smallest absolute Gasteiger partial charge is 0.229 e. The first-order chi connectivity index (χ1) is 20.7. The number of benzene rings is 3. The van der Waals surface area contributed by atoms with Crippen molar-refractivity contribution in [3.8, 4) is 6.07 Å². The molecule has 5 rings (SSSR count). The minimum atomic E-state index is -3.57. The number of rotatable bonds is 9. The number of hydrogen-bond donors (Lipinski definition) is 3. The van der Waals surface area contributed by atoms with Crippen LogP contribution in [0.3, 0.4) is 0 Å². The lowest BCUT2D eigenvalue weighted by Gasteiger charge is -2.31. The number of piperazine rings is 1. The molecule has 222 valence electrons. The van der Waals surface area contributed by atoms with E-state index in [0.29, 0.717) is 46.8 Å². The van der Waals surface area contributed by atoms with E-state index in [0.717, 1.165) is 24.8 Å². The van der Waals surface area contributed by atoms with E-state index in [1.807, 2.05) is 17.9 Å². The highest BCUT2D eigenvalue weighted by Crippen LogP contribution is 2.34. The number of aromatic nitrogens is 2. The minimum Gasteiger partial charge on any atom is -0.392 e. The molecule has 3 N–H and O–H groups in total. The molecule has 0 saturated carbocycles. The van der Waals surface area contributed by atoms with Crippen LogP contribution >= 0.6 is 0 Å². The van der Waals surface area contributed by atoms with Crippen LogP contribution in [0.15, 0.2) is 71.8 Å². The Kier molecular flexibility index (Phi) is 8.86. The normalized spacial score (nSPS) is 13.4. The van der Waals surface area contributed by atoms with Crippen LogP contribution in [0.25, 0.3) is 0 Å². The first-order valence-electron chi connectivity index (χ1n) is 13.7. The first-order valence-corrected chi connectivity index (χ1v) is 15.6. The molecule has 12 heteroatoms. The Morgan fingerprint density at radius 3 is 2.63 bits per heavy atom. The van der Waals surface area contributed by atoms with Crippen molar-refractivity contribution in [2.45, 2.75) is 25.0 Å². The maximum absolute atomic E-state index is 15.5. The predicted octanol–water partition coefficient (Wildman–Crippen LogP) is 4.18. The van der Waals surface area contributed by atoms with E-state index >= 15 is 4.39 Å². The SMILES string of the molecule is Cc1ccc(CO)cc1N(Cc1ccccc1C#N)c1nc(Nc2ccc(N3CCNCC3)c(S(C)(=O)=O)c2)ncc1F. The monoisotopic (exact) mass is 601 g/mol. The second-order valence-corrected chi connectivity index (χ2v) is 12.3. The number of anilines is 5. The summed E-state index contributed by atoms with van der Waals surface area (Å²) in [5, 5.41) is 25.8. The fourth-order valence-corrected chi connectivity index (χ4v) is 5.97. The van der Waals surface area contributed by atoms with Crippen LogP contribution in [0.5, 0.6) is 0 Å². The highest BCUT2D eigenvalue weighted by Gasteiger charge is 2.23. The number of nitriles is 1. The Labute approximate surface area is 250 Å². The van der Waals surface area contributed by atoms with Crippen LogP contribution in [0.4, 0.5) is 33.2 Å². The molecule has 1 aromatic heterocycles. The Morgan fingerprint density at radius 1 is 1.14 bits per heavy atom. The van der Waals surface area contributed by atoms with Gasteiger partial charge in [0.15, 0.2) is 21.5 Å². The standard InChI is InChI=1S/C31H32FN7O3S/c1-21-7-8-22(20-40)15-28(21)39(19-24-6-4-3-5-23(24)17-33)30-26(32)18-35-31(37-30)36-25-9-10-27(29(16-25)43(2,41)42)38-13-11-34-12-14-38/h3-10,15-16,18,34,40H,11-14,19-20H2,1-2H3,(H,35,36,37). The van der Waals surface area contributed by atoms with E-state index in [4.69, 9.17) is 0 Å². The van der Waals surface area contributed by atoms with Gasteiger partial charge in [0, 0.05) is 43.8 Å². The van der Waals surface area contributed by atoms with Crippen molar-refractivity contribution in [1.82, 2.24) is 15.3 Å². The number of sulfone groups is 1. The number of aliphatic hydroxyl groups is 1. The van der Waals surface area contributed by atoms with E-state index in [-0.39, 0.29) is 29.8 Å². The van der Waals surface area contributed by atoms with Gasteiger partial charge in [-0.2, -0.15) is 10.2 Å². The molecule has 4 aromatic rings. The molecule has 3 aromatic carbocycles. The molecule has 1 aliphatic heterocycles. The molecule has 1 aliphatic rings. The zero-order valence-electron chi connectivity index (χ0n) is 23.9. The quantitative estimate of drug-likeness (QED) is 0.256. The molecule has 0 radical (unpaired) electrons. The molecular formula is C31H32FN7O3S. The van der Waals surface area contributed by atoms with Crippen molar-refractivity contribution >= 4 is 38.7 Å². The third kappa shape index (κ3) is 6.75. The van der Waals surface area contributed by atoms with Gasteiger partial charge in [0.1, 0.15) is 0 Å². The van der Waals surface area contributed by atoms with E-state index < -0.39 is 15.7 Å². The second-order valence-electron chi connectivity index (χ2n) is 10.3. The number of hydrogen-bond acceptors (Lipinski definition) is 10. The number of aliphatic hydroxyl groups excluding tert-OH is 1. The number of aryl methyl sites for hydroxylation is 1. The van der Waals surface area contributed by atoms with Crippen molar-refractivity contribution in [1.29, 1.82) is 5.26 Å². The molecule has 0 atom stereocenters. The summed E-state index contributed by atoms with van der Waals surface area (Å²) in [7, 11) is -3.57. The molecule has 1 saturated heterocycles. The zero-order chi connectivity index (χ0) is 30.6. The summed E-state index contributed by atoms with van der Waals surface area (Å²) in [6.07, 6.45) is 2.22. The highest BCUT2D eigenvalue weighted by molar-refractivity contribution is 7.90. The lowest BCUT2D eigenvalue weighted by molar-refractivity contribution is 0.282. The van der Waals surface area contributed by atoms with Gasteiger partial charge < -0.3 is 25.5 Å². The average Bonchev–Trinajstić information content (AvgIpc) is 3.01. The maximum atomic E-state index is 15.5. The molecule has 10 nitrogen and oxygen atoms in total. The maximum Gasteiger partial charge on any atom is 0.229 e. The van der Waals surface area contributed by atoms with Crippen molar-refractivity contribution in [3.05, 3.63) is 94.9 Å². The number of halogens is 1. The van der Waals surface area contributed by atoms with E-state index in [1.54, 1.807) is 53.4 Å². The van der Waals surface area contributed by atoms with Gasteiger partial charge in [0.2, 0.25) is 5.95 Å². The fraction of sp³-hybridized carbons (Fsp3) is 0.258. The van der Waals surface area contributed by atoms with Crippen LogP contribution in [-0.2, 0) is 23.0 Å². The van der Waals surface area contributed by atoms with E-state index in [9.17, 15) is 18.8 Å². The third-order valence-electron chi connectivity index (χ3n) is 7.27. The first kappa shape index (κ1) is 29.9. The van der Waals surface area contributed by atoms with Crippen LogP contribution in [-0.4, -0.2) is 55.9 Å². The van der Waals surface area contributed by atoms with E-state index in [2.05, 4.69) is 26.7 Å². The average molecular weight is 602 g/mol. The summed E-state index contributed by atoms with van der Waals surface area (Å²) in [6.45, 7) is 4.65. The van der Waals surface area contributed by atoms with Crippen molar-refractivity contribution in [3.63, 3.8) is 0 Å². The lowest BCUT2D eigenvalue weighted by Crippen LogP contribution is -2.44. The summed E-state index contributed by atoms with van der Waals surface area (Å²) in [5.41, 5.74) is 4.18. The van der Waals surface area contributed by atoms with E-state index in [1.165, 1.54) is 12.3 Å². The second kappa shape index (κ2) is 12.7. The van der Waals surface area contributed by atoms with Crippen LogP contribution < -0.4 is 20.4 Å². The van der Waals surface area contributed by atoms with Gasteiger partial charge in [-0.1, -0.05) is 30.3 Å². The van der Waals surface area contributed by atoms with Gasteiger partial charge in [0.05, 0.1) is 41.6 Å². The lowest BCUT2D eigenvalue weighted by atomic mass is 10.1. The Bertz CT molecular complexity index is 1790. The predicted molar refractivity (Wildman–Crippen MR) is 164 cm³/mol. The zero-order valence-corrected chi connectivity index (χ0v) is 24.7. The number of nitrogens with one attached hydrogen (secondary N) is 2. The Hall–Kier alpha value is -4.57. The minimum absolute atomic E-state index is 0.0517.